The molecule has 0 amide bonds. The van der Waals surface area contributed by atoms with E-state index in [2.05, 4.69) is 12.1 Å². The highest BCUT2D eigenvalue weighted by atomic mass is 32.2. The Bertz CT molecular complexity index is 921. The van der Waals surface area contributed by atoms with Crippen molar-refractivity contribution in [3.63, 3.8) is 0 Å². The van der Waals surface area contributed by atoms with Gasteiger partial charge in [0.1, 0.15) is 16.5 Å². The van der Waals surface area contributed by atoms with Gasteiger partial charge >= 0.3 is 0 Å². The number of benzene rings is 3. The quantitative estimate of drug-likeness (QED) is 0.213. The molecule has 3 aromatic carbocycles. The molecule has 0 saturated heterocycles. The molecule has 0 heterocycles. The fourth-order valence-corrected chi connectivity index (χ4v) is 3.17. The van der Waals surface area contributed by atoms with Crippen molar-refractivity contribution in [2.75, 3.05) is 7.11 Å². The number of nitrogens with zero attached hydrogens (tertiary/aromatic N) is 1. The first-order chi connectivity index (χ1) is 13.2. The van der Waals surface area contributed by atoms with Crippen molar-refractivity contribution in [3.8, 4) is 11.5 Å². The molecule has 0 aliphatic heterocycles. The van der Waals surface area contributed by atoms with Crippen LogP contribution in [0.15, 0.2) is 107 Å². The Labute approximate surface area is 164 Å². The van der Waals surface area contributed by atoms with Gasteiger partial charge in [0.05, 0.1) is 19.1 Å². The van der Waals surface area contributed by atoms with Gasteiger partial charge < -0.3 is 9.47 Å². The SMILES string of the molecule is COc1cccc(OC=C(C)/C(=N\c2ccccc2)Sc2ccccc2)c1. The van der Waals surface area contributed by atoms with Gasteiger partial charge in [-0.15, -0.1) is 0 Å². The first-order valence-electron chi connectivity index (χ1n) is 8.59. The largest absolute Gasteiger partial charge is 0.497 e. The molecule has 3 rings (SSSR count). The number of rotatable bonds is 6. The first-order valence-corrected chi connectivity index (χ1v) is 9.41. The lowest BCUT2D eigenvalue weighted by Crippen LogP contribution is -1.97. The summed E-state index contributed by atoms with van der Waals surface area (Å²) in [6.07, 6.45) is 1.73. The van der Waals surface area contributed by atoms with E-state index in [0.29, 0.717) is 0 Å². The van der Waals surface area contributed by atoms with E-state index in [9.17, 15) is 0 Å². The van der Waals surface area contributed by atoms with Crippen LogP contribution in [-0.4, -0.2) is 12.2 Å². The second-order valence-electron chi connectivity index (χ2n) is 5.77. The fourth-order valence-electron chi connectivity index (χ4n) is 2.29. The summed E-state index contributed by atoms with van der Waals surface area (Å²) in [5, 5.41) is 0.885. The number of hydrogen-bond acceptors (Lipinski definition) is 4. The Morgan fingerprint density at radius 3 is 2.22 bits per heavy atom. The van der Waals surface area contributed by atoms with Crippen LogP contribution in [0.5, 0.6) is 11.5 Å². The summed E-state index contributed by atoms with van der Waals surface area (Å²) in [5.74, 6) is 1.48. The van der Waals surface area contributed by atoms with E-state index < -0.39 is 0 Å². The van der Waals surface area contributed by atoms with E-state index in [1.54, 1.807) is 25.1 Å². The van der Waals surface area contributed by atoms with Crippen LogP contribution in [0.25, 0.3) is 0 Å². The Morgan fingerprint density at radius 1 is 0.852 bits per heavy atom. The predicted octanol–water partition coefficient (Wildman–Crippen LogP) is 6.50. The summed E-state index contributed by atoms with van der Waals surface area (Å²) >= 11 is 1.61. The molecule has 136 valence electrons. The molecular formula is C23H21NO2S. The fraction of sp³-hybridized carbons (Fsp3) is 0.0870. The highest BCUT2D eigenvalue weighted by Gasteiger charge is 2.07. The number of ether oxygens (including phenoxy) is 2. The van der Waals surface area contributed by atoms with Crippen LogP contribution in [0.4, 0.5) is 5.69 Å². The van der Waals surface area contributed by atoms with Crippen molar-refractivity contribution in [2.24, 2.45) is 4.99 Å². The van der Waals surface area contributed by atoms with Gasteiger partial charge in [0.15, 0.2) is 0 Å². The molecule has 0 unspecified atom stereocenters. The maximum atomic E-state index is 5.83. The Balaban J connectivity index is 1.85. The van der Waals surface area contributed by atoms with Crippen LogP contribution >= 0.6 is 11.8 Å². The number of hydrogen-bond donors (Lipinski definition) is 0. The number of thioether (sulfide) groups is 1. The zero-order valence-electron chi connectivity index (χ0n) is 15.3. The van der Waals surface area contributed by atoms with E-state index in [-0.39, 0.29) is 0 Å². The average molecular weight is 375 g/mol. The van der Waals surface area contributed by atoms with Crippen molar-refractivity contribution in [1.82, 2.24) is 0 Å². The molecule has 0 atom stereocenters. The van der Waals surface area contributed by atoms with Gasteiger partial charge in [-0.1, -0.05) is 54.2 Å². The molecule has 27 heavy (non-hydrogen) atoms. The molecule has 0 bridgehead atoms. The predicted molar refractivity (Wildman–Crippen MR) is 113 cm³/mol. The molecule has 0 N–H and O–H groups in total. The molecule has 3 nitrogen and oxygen atoms in total. The zero-order chi connectivity index (χ0) is 18.9. The second-order valence-corrected chi connectivity index (χ2v) is 6.83. The average Bonchev–Trinajstić information content (AvgIpc) is 2.73. The standard InChI is InChI=1S/C23H21NO2S/c1-18(17-26-21-13-9-12-20(16-21)25-2)23(24-19-10-5-3-6-11-19)27-22-14-7-4-8-15-22/h3-17H,1-2H3/b18-17?,24-23+. The minimum atomic E-state index is 0.720. The summed E-state index contributed by atoms with van der Waals surface area (Å²) in [7, 11) is 1.64. The van der Waals surface area contributed by atoms with Crippen molar-refractivity contribution in [1.29, 1.82) is 0 Å². The number of aliphatic imine (C=N–C) groups is 1. The van der Waals surface area contributed by atoms with Gasteiger partial charge in [0.25, 0.3) is 0 Å². The lowest BCUT2D eigenvalue weighted by atomic mass is 10.3. The van der Waals surface area contributed by atoms with E-state index in [0.717, 1.165) is 32.7 Å². The maximum Gasteiger partial charge on any atom is 0.130 e. The van der Waals surface area contributed by atoms with Gasteiger partial charge in [-0.3, -0.25) is 0 Å². The molecule has 0 aliphatic carbocycles. The van der Waals surface area contributed by atoms with E-state index in [4.69, 9.17) is 14.5 Å². The molecule has 0 radical (unpaired) electrons. The third-order valence-corrected chi connectivity index (χ3v) is 4.81. The molecular weight excluding hydrogens is 354 g/mol. The first kappa shape index (κ1) is 18.8. The van der Waals surface area contributed by atoms with Crippen LogP contribution in [0.2, 0.25) is 0 Å². The lowest BCUT2D eigenvalue weighted by molar-refractivity contribution is 0.408. The van der Waals surface area contributed by atoms with Crippen LogP contribution in [-0.2, 0) is 0 Å². The minimum Gasteiger partial charge on any atom is -0.497 e. The van der Waals surface area contributed by atoms with E-state index in [1.165, 1.54) is 0 Å². The highest BCUT2D eigenvalue weighted by Crippen LogP contribution is 2.27. The molecule has 0 aliphatic rings. The lowest BCUT2D eigenvalue weighted by Gasteiger charge is -2.09. The smallest absolute Gasteiger partial charge is 0.130 e. The van der Waals surface area contributed by atoms with Crippen molar-refractivity contribution in [3.05, 3.63) is 96.8 Å². The van der Waals surface area contributed by atoms with Crippen LogP contribution < -0.4 is 9.47 Å². The third kappa shape index (κ3) is 5.76. The summed E-state index contributed by atoms with van der Waals surface area (Å²) in [6, 6.07) is 27.6. The van der Waals surface area contributed by atoms with Gasteiger partial charge in [-0.2, -0.15) is 0 Å². The number of methoxy groups -OCH3 is 1. The maximum absolute atomic E-state index is 5.83. The van der Waals surface area contributed by atoms with Crippen LogP contribution in [0.3, 0.4) is 0 Å². The normalized spacial score (nSPS) is 11.9. The summed E-state index contributed by atoms with van der Waals surface area (Å²) in [5.41, 5.74) is 1.85. The molecule has 0 spiro atoms. The van der Waals surface area contributed by atoms with Gasteiger partial charge in [0.2, 0.25) is 0 Å². The summed E-state index contributed by atoms with van der Waals surface area (Å²) in [6.45, 7) is 2.00. The molecule has 0 aromatic heterocycles. The topological polar surface area (TPSA) is 30.8 Å². The van der Waals surface area contributed by atoms with Crippen LogP contribution in [0, 0.1) is 0 Å². The highest BCUT2D eigenvalue weighted by molar-refractivity contribution is 8.14. The van der Waals surface area contributed by atoms with Gasteiger partial charge in [0, 0.05) is 16.5 Å². The molecule has 4 heteroatoms. The zero-order valence-corrected chi connectivity index (χ0v) is 16.1. The third-order valence-electron chi connectivity index (χ3n) is 3.69. The van der Waals surface area contributed by atoms with Gasteiger partial charge in [-0.05, 0) is 43.3 Å². The Kier molecular flexibility index (Phi) is 6.72. The Hall–Kier alpha value is -2.98. The molecule has 0 saturated carbocycles. The molecule has 3 aromatic rings. The monoisotopic (exact) mass is 375 g/mol. The minimum absolute atomic E-state index is 0.720. The van der Waals surface area contributed by atoms with Crippen molar-refractivity contribution >= 4 is 22.5 Å². The second kappa shape index (κ2) is 9.64. The van der Waals surface area contributed by atoms with E-state index >= 15 is 0 Å². The summed E-state index contributed by atoms with van der Waals surface area (Å²) in [4.78, 5) is 5.93. The Morgan fingerprint density at radius 2 is 1.52 bits per heavy atom. The molecule has 0 fully saturated rings. The summed E-state index contributed by atoms with van der Waals surface area (Å²) < 4.78 is 11.1. The van der Waals surface area contributed by atoms with Gasteiger partial charge in [-0.25, -0.2) is 4.99 Å². The van der Waals surface area contributed by atoms with Crippen molar-refractivity contribution in [2.45, 2.75) is 11.8 Å². The number of para-hydroxylation sites is 1. The van der Waals surface area contributed by atoms with Crippen LogP contribution in [0.1, 0.15) is 6.92 Å². The van der Waals surface area contributed by atoms with E-state index in [1.807, 2.05) is 79.7 Å². The van der Waals surface area contributed by atoms with Crippen molar-refractivity contribution < 1.29 is 9.47 Å².